The number of allylic oxidation sites excluding steroid dienone is 2. The van der Waals surface area contributed by atoms with Crippen molar-refractivity contribution in [3.05, 3.63) is 97.6 Å². The number of hydrogen-bond acceptors (Lipinski definition) is 10. The van der Waals surface area contributed by atoms with E-state index in [1.807, 2.05) is 19.9 Å². The fourth-order valence-corrected chi connectivity index (χ4v) is 6.82. The minimum atomic E-state index is -1.23. The molecule has 0 saturated heterocycles. The van der Waals surface area contributed by atoms with Crippen molar-refractivity contribution < 1.29 is 69.0 Å². The van der Waals surface area contributed by atoms with Crippen LogP contribution in [0, 0.1) is 13.8 Å². The molecule has 0 aliphatic carbocycles. The third kappa shape index (κ3) is 14.0. The van der Waals surface area contributed by atoms with Crippen LogP contribution < -0.4 is 16.0 Å². The number of nitrogens with one attached hydrogen (secondary N) is 3. The van der Waals surface area contributed by atoms with E-state index in [1.165, 1.54) is 6.08 Å². The van der Waals surface area contributed by atoms with Crippen LogP contribution >= 0.6 is 0 Å². The predicted molar refractivity (Wildman–Crippen MR) is 228 cm³/mol. The smallest absolute Gasteiger partial charge is 0.317 e. The molecule has 4 heterocycles. The number of carboxylic acid groups (broad SMARTS) is 6. The van der Waals surface area contributed by atoms with E-state index in [0.29, 0.717) is 55.8 Å². The number of aliphatic carboxylic acids is 6. The van der Waals surface area contributed by atoms with Crippen molar-refractivity contribution >= 4 is 71.6 Å². The van der Waals surface area contributed by atoms with Gasteiger partial charge in [0.25, 0.3) is 11.8 Å². The average molecular weight is 875 g/mol. The van der Waals surface area contributed by atoms with Crippen molar-refractivity contribution in [3.8, 4) is 0 Å². The quantitative estimate of drug-likeness (QED) is 0.0797. The lowest BCUT2D eigenvalue weighted by atomic mass is 10.0. The molecule has 0 aromatic carbocycles. The van der Waals surface area contributed by atoms with Gasteiger partial charge in [-0.15, -0.1) is 0 Å². The number of H-pyrrole nitrogens is 2. The first-order chi connectivity index (χ1) is 29.6. The maximum atomic E-state index is 12.3. The second-order valence-corrected chi connectivity index (χ2v) is 14.5. The molecule has 0 spiro atoms. The maximum Gasteiger partial charge on any atom is 0.317 e. The summed E-state index contributed by atoms with van der Waals surface area (Å²) in [5.41, 5.74) is 7.97. The monoisotopic (exact) mass is 874 g/mol. The number of carboxylic acids is 6. The summed E-state index contributed by atoms with van der Waals surface area (Å²) >= 11 is 0. The zero-order valence-electron chi connectivity index (χ0n) is 35.2. The third-order valence-electron chi connectivity index (χ3n) is 10.0. The van der Waals surface area contributed by atoms with E-state index in [4.69, 9.17) is 20.4 Å². The molecule has 20 heteroatoms. The Morgan fingerprint density at radius 2 is 1.08 bits per heavy atom. The van der Waals surface area contributed by atoms with Gasteiger partial charge in [0.05, 0.1) is 37.6 Å². The number of amides is 2. The third-order valence-corrected chi connectivity index (χ3v) is 10.0. The molecule has 63 heavy (non-hydrogen) atoms. The first-order valence-electron chi connectivity index (χ1n) is 19.3. The minimum Gasteiger partial charge on any atom is -0.481 e. The van der Waals surface area contributed by atoms with Gasteiger partial charge in [-0.1, -0.05) is 25.3 Å². The maximum absolute atomic E-state index is 12.3. The predicted octanol–water partition coefficient (Wildman–Crippen LogP) is 0.989. The highest BCUT2D eigenvalue weighted by Gasteiger charge is 2.24. The molecule has 0 atom stereocenters. The van der Waals surface area contributed by atoms with Gasteiger partial charge in [-0.05, 0) is 86.6 Å². The second kappa shape index (κ2) is 22.4. The average Bonchev–Trinajstić information content (AvgIpc) is 3.82. The molecule has 4 rings (SSSR count). The van der Waals surface area contributed by atoms with Crippen molar-refractivity contribution in [1.82, 2.24) is 25.1 Å². The van der Waals surface area contributed by atoms with Gasteiger partial charge in [0.2, 0.25) is 0 Å². The lowest BCUT2D eigenvalue weighted by Crippen LogP contribution is -2.43. The van der Waals surface area contributed by atoms with Gasteiger partial charge in [-0.25, -0.2) is 4.99 Å². The molecule has 0 radical (unpaired) electrons. The summed E-state index contributed by atoms with van der Waals surface area (Å²) in [6.45, 7) is 12.5. The summed E-state index contributed by atoms with van der Waals surface area (Å²) in [6.07, 6.45) is 8.80. The van der Waals surface area contributed by atoms with Gasteiger partial charge in [0.15, 0.2) is 0 Å². The Labute approximate surface area is 360 Å². The summed E-state index contributed by atoms with van der Waals surface area (Å²) in [6, 6.07) is 0. The first kappa shape index (κ1) is 49.9. The molecular formula is C43H50N6O14. The number of aromatic amines is 2. The molecular weight excluding hydrogens is 825 g/mol. The fraction of sp³-hybridized carbons (Fsp3) is 0.326. The van der Waals surface area contributed by atoms with Crippen LogP contribution in [0.5, 0.6) is 0 Å². The zero-order valence-corrected chi connectivity index (χ0v) is 35.2. The molecule has 2 aliphatic rings. The molecule has 2 aromatic heterocycles. The summed E-state index contributed by atoms with van der Waals surface area (Å²) in [5, 5.41) is 57.5. The molecule has 0 saturated carbocycles. The van der Waals surface area contributed by atoms with Crippen molar-refractivity contribution in [2.45, 2.75) is 53.4 Å². The number of hydrogen-bond donors (Lipinski definition) is 9. The van der Waals surface area contributed by atoms with Crippen LogP contribution in [0.4, 0.5) is 0 Å². The Morgan fingerprint density at radius 3 is 1.52 bits per heavy atom. The van der Waals surface area contributed by atoms with Crippen molar-refractivity contribution in [2.75, 3.05) is 39.3 Å². The molecule has 9 N–H and O–H groups in total. The van der Waals surface area contributed by atoms with Crippen LogP contribution in [0.1, 0.15) is 60.3 Å². The number of carbonyl (C=O) groups excluding carboxylic acids is 2. The highest BCUT2D eigenvalue weighted by molar-refractivity contribution is 6.31. The largest absolute Gasteiger partial charge is 0.481 e. The minimum absolute atomic E-state index is 0.0703. The number of carbonyl (C=O) groups is 8. The number of aromatic nitrogens is 2. The number of nitrogens with zero attached hydrogens (tertiary/aromatic N) is 3. The Bertz CT molecular complexity index is 2430. The van der Waals surface area contributed by atoms with E-state index >= 15 is 0 Å². The Hall–Kier alpha value is -7.45. The van der Waals surface area contributed by atoms with E-state index in [9.17, 15) is 48.6 Å². The molecule has 2 aliphatic heterocycles. The molecule has 336 valence electrons. The van der Waals surface area contributed by atoms with Crippen LogP contribution in [-0.2, 0) is 51.2 Å². The summed E-state index contributed by atoms with van der Waals surface area (Å²) < 4.78 is 0. The standard InChI is InChI=1S/C33H34N4O6.C10H16N2O8/c1-7-20-19(6)32(42)37-27(20)14-25-18(5)23(10-12-31(40)41)29(35-25)15-28-22(9-11-30(38)39)17(4)24(34-28)13-26-16(3)21(8-2)33(43)36-26;13-7(14)3-11(4-8(15)16)1-2-12(5-9(17)18)6-10(19)20/h7-8,13-15,34-35H,1-2,9-12H2,3-6H3,(H,37,42)(H,38,39)(H,40,41);1-6H2,(H,13,14)(H,15,16)(H,17,18)(H,19,20)/b24-13?,27-14-,28-15-;. The zero-order chi connectivity index (χ0) is 47.3. The number of rotatable bonds is 22. The van der Waals surface area contributed by atoms with E-state index in [2.05, 4.69) is 33.4 Å². The van der Waals surface area contributed by atoms with Crippen LogP contribution in [0.2, 0.25) is 0 Å². The first-order valence-corrected chi connectivity index (χ1v) is 19.3. The van der Waals surface area contributed by atoms with Crippen LogP contribution in [0.25, 0.3) is 18.2 Å². The van der Waals surface area contributed by atoms with E-state index < -0.39 is 62.0 Å². The topological polar surface area (TPSA) is 320 Å². The van der Waals surface area contributed by atoms with E-state index in [0.717, 1.165) is 32.1 Å². The van der Waals surface area contributed by atoms with Gasteiger partial charge in [-0.3, -0.25) is 48.2 Å². The van der Waals surface area contributed by atoms with Crippen molar-refractivity contribution in [2.24, 2.45) is 4.99 Å². The summed E-state index contributed by atoms with van der Waals surface area (Å²) in [7, 11) is 0. The highest BCUT2D eigenvalue weighted by Crippen LogP contribution is 2.27. The molecule has 20 nitrogen and oxygen atoms in total. The molecule has 2 amide bonds. The Morgan fingerprint density at radius 1 is 0.587 bits per heavy atom. The second-order valence-electron chi connectivity index (χ2n) is 14.5. The van der Waals surface area contributed by atoms with Crippen molar-refractivity contribution in [3.63, 3.8) is 0 Å². The van der Waals surface area contributed by atoms with Crippen molar-refractivity contribution in [1.29, 1.82) is 0 Å². The number of aliphatic imine (C=N–C) groups is 1. The molecule has 0 bridgehead atoms. The SMILES string of the molecule is C=CC1=C(C)C(C=c2[nH]/c(=C\c3[nH]c(/C=C4\NC(=O)C(C)=C4C=C)c(C)c3CCC(=O)O)c(CCC(=O)O)c2C)=NC1=O.O=C(O)CN(CCN(CC(=O)O)CC(=O)O)CC(=O)O. The van der Waals surface area contributed by atoms with Crippen LogP contribution in [-0.4, -0.2) is 143 Å². The van der Waals surface area contributed by atoms with E-state index in [-0.39, 0.29) is 50.6 Å². The van der Waals surface area contributed by atoms with Gasteiger partial charge >= 0.3 is 35.8 Å². The molecule has 0 fully saturated rings. The lowest BCUT2D eigenvalue weighted by Gasteiger charge is -2.23. The Balaban J connectivity index is 0.000000446. The lowest BCUT2D eigenvalue weighted by molar-refractivity contribution is -0.145. The summed E-state index contributed by atoms with van der Waals surface area (Å²) in [5.74, 6) is -7.37. The molecule has 2 aromatic rings. The normalized spacial score (nSPS) is 15.0. The van der Waals surface area contributed by atoms with Gasteiger partial charge in [0.1, 0.15) is 0 Å². The van der Waals surface area contributed by atoms with E-state index in [1.54, 1.807) is 32.1 Å². The summed E-state index contributed by atoms with van der Waals surface area (Å²) in [4.78, 5) is 103. The fourth-order valence-electron chi connectivity index (χ4n) is 6.82. The molecule has 0 unspecified atom stereocenters. The van der Waals surface area contributed by atoms with Crippen LogP contribution in [0.15, 0.2) is 58.3 Å². The van der Waals surface area contributed by atoms with Gasteiger partial charge in [-0.2, -0.15) is 0 Å². The van der Waals surface area contributed by atoms with Gasteiger partial charge in [0, 0.05) is 64.7 Å². The Kier molecular flexibility index (Phi) is 17.8. The van der Waals surface area contributed by atoms with Crippen LogP contribution in [0.3, 0.4) is 0 Å². The van der Waals surface area contributed by atoms with Gasteiger partial charge < -0.3 is 45.9 Å². The highest BCUT2D eigenvalue weighted by atomic mass is 16.4.